The first-order valence-corrected chi connectivity index (χ1v) is 6.59. The molecule has 20 heavy (non-hydrogen) atoms. The topological polar surface area (TPSA) is 78.9 Å². The van der Waals surface area contributed by atoms with Gasteiger partial charge in [0, 0.05) is 18.5 Å². The third-order valence-corrected chi connectivity index (χ3v) is 3.97. The Bertz CT molecular complexity index is 601. The average molecular weight is 276 g/mol. The molecule has 0 spiro atoms. The minimum absolute atomic E-state index is 0.183. The number of aromatic carboxylic acids is 1. The molecular weight excluding hydrogens is 260 g/mol. The summed E-state index contributed by atoms with van der Waals surface area (Å²) in [6, 6.07) is 4.36. The summed E-state index contributed by atoms with van der Waals surface area (Å²) in [6.45, 7) is 4.34. The van der Waals surface area contributed by atoms with E-state index in [1.54, 1.807) is 17.0 Å². The Morgan fingerprint density at radius 2 is 2.35 bits per heavy atom. The van der Waals surface area contributed by atoms with Crippen LogP contribution in [0.4, 0.5) is 4.79 Å². The summed E-state index contributed by atoms with van der Waals surface area (Å²) >= 11 is 0. The van der Waals surface area contributed by atoms with E-state index < -0.39 is 11.7 Å². The average Bonchev–Trinajstić information content (AvgIpc) is 2.37. The van der Waals surface area contributed by atoms with E-state index in [2.05, 4.69) is 5.32 Å². The number of carbonyl (C=O) groups is 2. The number of hydrogen-bond acceptors (Lipinski definition) is 3. The van der Waals surface area contributed by atoms with Gasteiger partial charge < -0.3 is 15.2 Å². The van der Waals surface area contributed by atoms with Gasteiger partial charge in [-0.05, 0) is 32.0 Å². The first kappa shape index (κ1) is 12.8. The SMILES string of the molecule is CCN1C(=O)N[C@@H]2C[C@]1(C)Oc1ccc(C(=O)O)cc12. The number of carboxylic acids is 1. The van der Waals surface area contributed by atoms with Crippen molar-refractivity contribution in [2.24, 2.45) is 0 Å². The summed E-state index contributed by atoms with van der Waals surface area (Å²) in [6.07, 6.45) is 0.600. The molecule has 2 heterocycles. The van der Waals surface area contributed by atoms with Crippen molar-refractivity contribution in [1.82, 2.24) is 10.2 Å². The molecule has 2 aliphatic heterocycles. The second kappa shape index (κ2) is 4.13. The summed E-state index contributed by atoms with van der Waals surface area (Å²) in [5, 5.41) is 12.0. The maximum absolute atomic E-state index is 12.1. The summed E-state index contributed by atoms with van der Waals surface area (Å²) in [4.78, 5) is 24.8. The third kappa shape index (κ3) is 1.71. The molecule has 2 amide bonds. The molecule has 0 unspecified atom stereocenters. The van der Waals surface area contributed by atoms with Gasteiger partial charge in [-0.1, -0.05) is 0 Å². The molecule has 0 aromatic heterocycles. The van der Waals surface area contributed by atoms with Crippen molar-refractivity contribution in [3.8, 4) is 5.75 Å². The highest BCUT2D eigenvalue weighted by Crippen LogP contribution is 2.44. The molecule has 106 valence electrons. The minimum atomic E-state index is -0.988. The van der Waals surface area contributed by atoms with Gasteiger partial charge in [0.1, 0.15) is 5.75 Å². The lowest BCUT2D eigenvalue weighted by Gasteiger charge is -2.50. The zero-order valence-corrected chi connectivity index (χ0v) is 11.3. The molecule has 6 nitrogen and oxygen atoms in total. The number of rotatable bonds is 2. The highest BCUT2D eigenvalue weighted by Gasteiger charge is 2.48. The first-order valence-electron chi connectivity index (χ1n) is 6.59. The second-order valence-corrected chi connectivity index (χ2v) is 5.29. The predicted molar refractivity (Wildman–Crippen MR) is 70.7 cm³/mol. The number of carbonyl (C=O) groups excluding carboxylic acids is 1. The van der Waals surface area contributed by atoms with Gasteiger partial charge in [-0.25, -0.2) is 9.59 Å². The Balaban J connectivity index is 2.07. The molecule has 2 atom stereocenters. The van der Waals surface area contributed by atoms with E-state index in [1.165, 1.54) is 6.07 Å². The number of nitrogens with zero attached hydrogens (tertiary/aromatic N) is 1. The van der Waals surface area contributed by atoms with E-state index in [9.17, 15) is 9.59 Å². The van der Waals surface area contributed by atoms with E-state index in [0.717, 1.165) is 5.56 Å². The van der Waals surface area contributed by atoms with Gasteiger partial charge in [-0.15, -0.1) is 0 Å². The first-order chi connectivity index (χ1) is 9.44. The Kier molecular flexibility index (Phi) is 2.64. The van der Waals surface area contributed by atoms with Crippen LogP contribution < -0.4 is 10.1 Å². The maximum Gasteiger partial charge on any atom is 0.335 e. The lowest BCUT2D eigenvalue weighted by atomic mass is 9.89. The van der Waals surface area contributed by atoms with Gasteiger partial charge in [0.05, 0.1) is 11.6 Å². The fourth-order valence-electron chi connectivity index (χ4n) is 3.03. The van der Waals surface area contributed by atoms with E-state index in [4.69, 9.17) is 9.84 Å². The van der Waals surface area contributed by atoms with E-state index in [-0.39, 0.29) is 17.6 Å². The molecule has 0 saturated carbocycles. The van der Waals surface area contributed by atoms with Crippen molar-refractivity contribution in [2.45, 2.75) is 32.0 Å². The van der Waals surface area contributed by atoms with Crippen LogP contribution in [0.1, 0.15) is 42.2 Å². The monoisotopic (exact) mass is 276 g/mol. The van der Waals surface area contributed by atoms with Crippen LogP contribution in [0.3, 0.4) is 0 Å². The van der Waals surface area contributed by atoms with Crippen LogP contribution in [-0.2, 0) is 0 Å². The lowest BCUT2D eigenvalue weighted by molar-refractivity contribution is -0.0815. The number of carboxylic acid groups (broad SMARTS) is 1. The molecule has 1 saturated heterocycles. The Morgan fingerprint density at radius 3 is 3.00 bits per heavy atom. The summed E-state index contributed by atoms with van der Waals surface area (Å²) < 4.78 is 5.97. The van der Waals surface area contributed by atoms with Crippen LogP contribution in [0, 0.1) is 0 Å². The third-order valence-electron chi connectivity index (χ3n) is 3.97. The standard InChI is InChI=1S/C14H16N2O4/c1-3-16-13(19)15-10-7-14(16,2)20-11-5-4-8(12(17)18)6-9(10)11/h4-6,10H,3,7H2,1-2H3,(H,15,19)(H,17,18)/t10-,14+/m1/s1. The number of ether oxygens (including phenoxy) is 1. The normalized spacial score (nSPS) is 27.4. The van der Waals surface area contributed by atoms with Crippen LogP contribution >= 0.6 is 0 Å². The predicted octanol–water partition coefficient (Wildman–Crippen LogP) is 1.97. The van der Waals surface area contributed by atoms with Crippen molar-refractivity contribution in [1.29, 1.82) is 0 Å². The van der Waals surface area contributed by atoms with Crippen LogP contribution in [0.5, 0.6) is 5.75 Å². The maximum atomic E-state index is 12.1. The van der Waals surface area contributed by atoms with E-state index in [1.807, 2.05) is 13.8 Å². The van der Waals surface area contributed by atoms with Crippen molar-refractivity contribution < 1.29 is 19.4 Å². The van der Waals surface area contributed by atoms with Gasteiger partial charge in [0.2, 0.25) is 0 Å². The molecule has 2 N–H and O–H groups in total. The number of fused-ring (bicyclic) bond motifs is 4. The van der Waals surface area contributed by atoms with E-state index >= 15 is 0 Å². The van der Waals surface area contributed by atoms with Crippen molar-refractivity contribution in [3.63, 3.8) is 0 Å². The zero-order valence-electron chi connectivity index (χ0n) is 11.3. The van der Waals surface area contributed by atoms with Gasteiger partial charge in [-0.3, -0.25) is 4.90 Å². The number of nitrogens with one attached hydrogen (secondary N) is 1. The molecule has 6 heteroatoms. The summed E-state index contributed by atoms with van der Waals surface area (Å²) in [5.41, 5.74) is 0.244. The highest BCUT2D eigenvalue weighted by atomic mass is 16.5. The molecular formula is C14H16N2O4. The Labute approximate surface area is 116 Å². The van der Waals surface area contributed by atoms with Gasteiger partial charge in [0.25, 0.3) is 0 Å². The Hall–Kier alpha value is -2.24. The van der Waals surface area contributed by atoms with Crippen LogP contribution in [0.2, 0.25) is 0 Å². The molecule has 1 aromatic carbocycles. The molecule has 0 aliphatic carbocycles. The highest BCUT2D eigenvalue weighted by molar-refractivity contribution is 5.88. The minimum Gasteiger partial charge on any atom is -0.478 e. The quantitative estimate of drug-likeness (QED) is 0.865. The van der Waals surface area contributed by atoms with Crippen LogP contribution in [0.25, 0.3) is 0 Å². The fraction of sp³-hybridized carbons (Fsp3) is 0.429. The van der Waals surface area contributed by atoms with Crippen molar-refractivity contribution in [2.75, 3.05) is 6.54 Å². The molecule has 0 radical (unpaired) electrons. The molecule has 3 rings (SSSR count). The number of urea groups is 1. The lowest BCUT2D eigenvalue weighted by Crippen LogP contribution is -2.64. The smallest absolute Gasteiger partial charge is 0.335 e. The summed E-state index contributed by atoms with van der Waals surface area (Å²) in [7, 11) is 0. The molecule has 2 bridgehead atoms. The second-order valence-electron chi connectivity index (χ2n) is 5.29. The number of hydrogen-bond donors (Lipinski definition) is 2. The van der Waals surface area contributed by atoms with Gasteiger partial charge in [0.15, 0.2) is 5.72 Å². The van der Waals surface area contributed by atoms with Crippen molar-refractivity contribution in [3.05, 3.63) is 29.3 Å². The van der Waals surface area contributed by atoms with Gasteiger partial charge >= 0.3 is 12.0 Å². The number of amides is 2. The van der Waals surface area contributed by atoms with Crippen LogP contribution in [0.15, 0.2) is 18.2 Å². The van der Waals surface area contributed by atoms with Crippen LogP contribution in [-0.4, -0.2) is 34.3 Å². The fourth-order valence-corrected chi connectivity index (χ4v) is 3.03. The zero-order chi connectivity index (χ0) is 14.5. The van der Waals surface area contributed by atoms with E-state index in [0.29, 0.717) is 18.7 Å². The summed E-state index contributed by atoms with van der Waals surface area (Å²) in [5.74, 6) is -0.356. The largest absolute Gasteiger partial charge is 0.478 e. The Morgan fingerprint density at radius 1 is 1.60 bits per heavy atom. The van der Waals surface area contributed by atoms with Gasteiger partial charge in [-0.2, -0.15) is 0 Å². The molecule has 2 aliphatic rings. The molecule has 1 fully saturated rings. The number of benzene rings is 1. The van der Waals surface area contributed by atoms with Crippen molar-refractivity contribution >= 4 is 12.0 Å². The molecule has 1 aromatic rings.